The normalized spacial score (nSPS) is 41.2. The van der Waals surface area contributed by atoms with Crippen molar-refractivity contribution in [2.24, 2.45) is 46.3 Å². The monoisotopic (exact) mass is 649 g/mol. The molecule has 0 aliphatic heterocycles. The molecule has 4 saturated carbocycles. The Labute approximate surface area is 279 Å². The molecule has 44 heavy (non-hydrogen) atoms. The van der Waals surface area contributed by atoms with Crippen molar-refractivity contribution in [3.8, 4) is 0 Å². The molecule has 0 radical (unpaired) electrons. The second kappa shape index (κ2) is 12.2. The molecule has 4 fully saturated rings. The molecule has 3 nitrogen and oxygen atoms in total. The Hall–Kier alpha value is 0.0538. The number of rotatable bonds is 8. The van der Waals surface area contributed by atoms with Crippen LogP contribution in [0.5, 0.6) is 0 Å². The highest BCUT2D eigenvalue weighted by molar-refractivity contribution is 6.74. The lowest BCUT2D eigenvalue weighted by Gasteiger charge is -2.64. The molecule has 10 atom stereocenters. The predicted molar refractivity (Wildman–Crippen MR) is 194 cm³/mol. The Morgan fingerprint density at radius 1 is 0.795 bits per heavy atom. The third-order valence-corrected chi connectivity index (χ3v) is 23.7. The summed E-state index contributed by atoms with van der Waals surface area (Å²) in [4.78, 5) is 0. The van der Waals surface area contributed by atoms with E-state index in [-0.39, 0.29) is 39.0 Å². The van der Waals surface area contributed by atoms with Crippen LogP contribution in [0.3, 0.4) is 0 Å². The molecular formula is C39H74O3Si2. The van der Waals surface area contributed by atoms with E-state index in [0.717, 1.165) is 38.5 Å². The Balaban J connectivity index is 1.69. The zero-order chi connectivity index (χ0) is 35.1. The zero-order valence-electron chi connectivity index (χ0n) is 33.7. The van der Waals surface area contributed by atoms with Gasteiger partial charge >= 0.3 is 0 Å². The van der Waals surface area contributed by atoms with Crippen LogP contribution in [0.2, 0.25) is 36.3 Å². The summed E-state index contributed by atoms with van der Waals surface area (Å²) in [5.74, 6) is 2.62. The van der Waals surface area contributed by atoms with Crippen molar-refractivity contribution < 1.29 is 16.7 Å². The van der Waals surface area contributed by atoms with Gasteiger partial charge in [0, 0.05) is 12.2 Å². The van der Waals surface area contributed by atoms with Crippen molar-refractivity contribution in [2.45, 2.75) is 188 Å². The molecule has 5 heteroatoms. The topological polar surface area (TPSA) is 38.7 Å². The minimum absolute atomic E-state index is 0.0185. The van der Waals surface area contributed by atoms with Gasteiger partial charge in [0.25, 0.3) is 0 Å². The Bertz CT molecular complexity index is 1140. The average Bonchev–Trinajstić information content (AvgIpc) is 3.25. The molecule has 256 valence electrons. The van der Waals surface area contributed by atoms with Crippen LogP contribution in [0.15, 0.2) is 12.1 Å². The van der Waals surface area contributed by atoms with E-state index in [1.807, 2.05) is 6.92 Å². The quantitative estimate of drug-likeness (QED) is 0.210. The lowest BCUT2D eigenvalue weighted by Crippen LogP contribution is -2.61. The van der Waals surface area contributed by atoms with Gasteiger partial charge in [0.1, 0.15) is 0 Å². The number of hydrogen-bond donors (Lipinski definition) is 1. The largest absolute Gasteiger partial charge is 0.414 e. The Morgan fingerprint density at radius 3 is 1.91 bits per heavy atom. The Kier molecular flexibility index (Phi) is 9.40. The summed E-state index contributed by atoms with van der Waals surface area (Å²) in [6.07, 6.45) is 10.1. The maximum atomic E-state index is 12.1. The molecule has 0 aromatic carbocycles. The van der Waals surface area contributed by atoms with Crippen molar-refractivity contribution in [3.63, 3.8) is 0 Å². The van der Waals surface area contributed by atoms with E-state index < -0.39 is 22.2 Å². The summed E-state index contributed by atoms with van der Waals surface area (Å²) in [6.45, 7) is 35.1. The van der Waals surface area contributed by atoms with Crippen LogP contribution in [-0.2, 0) is 8.85 Å². The third kappa shape index (κ3) is 6.81. The summed E-state index contributed by atoms with van der Waals surface area (Å²) in [5.41, 5.74) is -1.06. The molecule has 0 unspecified atom stereocenters. The fraction of sp³-hybridized carbons (Fsp3) is 0.949. The fourth-order valence-corrected chi connectivity index (χ4v) is 12.8. The standard InChI is InChI=1S/C39H74O3Si2/c1-27(2)17-16-22-39(11,40)34-19-18-30-29-26-33(42-44(14,15)36(6,7)8)32-25-28(41-43(12,13)35(3,4)5)20-23-37(32,9)31(29)21-24-38(30,34)10/h16,22,27-34,40H,17-21,23-26H2,1-15H3/b22-16-/t28-,29-,30-,31-,32+,33-,34-,37+,38-,39-/m0/s1/i16D,22D. The first-order valence-corrected chi connectivity index (χ1v) is 24.3. The zero-order valence-corrected chi connectivity index (χ0v) is 33.7. The van der Waals surface area contributed by atoms with E-state index in [1.54, 1.807) is 0 Å². The molecule has 0 saturated heterocycles. The van der Waals surface area contributed by atoms with Gasteiger partial charge < -0.3 is 14.0 Å². The summed E-state index contributed by atoms with van der Waals surface area (Å²) in [7, 11) is -3.89. The molecule has 0 aromatic rings. The van der Waals surface area contributed by atoms with Crippen molar-refractivity contribution >= 4 is 16.6 Å². The van der Waals surface area contributed by atoms with Gasteiger partial charge in [-0.25, -0.2) is 0 Å². The van der Waals surface area contributed by atoms with Gasteiger partial charge in [-0.15, -0.1) is 0 Å². The molecule has 0 bridgehead atoms. The highest BCUT2D eigenvalue weighted by Gasteiger charge is 2.64. The van der Waals surface area contributed by atoms with Crippen LogP contribution in [0.1, 0.15) is 137 Å². The molecule has 0 heterocycles. The molecule has 0 spiro atoms. The molecular weight excluding hydrogens is 573 g/mol. The van der Waals surface area contributed by atoms with Crippen LogP contribution >= 0.6 is 0 Å². The van der Waals surface area contributed by atoms with E-state index in [1.165, 1.54) is 12.8 Å². The number of aliphatic hydroxyl groups is 1. The van der Waals surface area contributed by atoms with Crippen LogP contribution in [0.4, 0.5) is 0 Å². The van der Waals surface area contributed by atoms with E-state index in [2.05, 4.69) is 95.4 Å². The highest BCUT2D eigenvalue weighted by atomic mass is 28.4. The van der Waals surface area contributed by atoms with Crippen LogP contribution in [0.25, 0.3) is 0 Å². The minimum atomic E-state index is -2.02. The number of hydrogen-bond acceptors (Lipinski definition) is 3. The first-order chi connectivity index (χ1) is 20.7. The van der Waals surface area contributed by atoms with Crippen LogP contribution in [-0.4, -0.2) is 39.6 Å². The average molecular weight is 649 g/mol. The molecule has 4 aliphatic carbocycles. The van der Waals surface area contributed by atoms with Crippen LogP contribution < -0.4 is 0 Å². The van der Waals surface area contributed by atoms with Gasteiger partial charge in [0.05, 0.1) is 8.34 Å². The summed E-state index contributed by atoms with van der Waals surface area (Å²) in [5, 5.41) is 12.4. The minimum Gasteiger partial charge on any atom is -0.414 e. The van der Waals surface area contributed by atoms with Crippen LogP contribution in [0, 0.1) is 46.3 Å². The van der Waals surface area contributed by atoms with Gasteiger partial charge in [0.2, 0.25) is 0 Å². The molecule has 0 amide bonds. The number of allylic oxidation sites excluding steroid dienone is 1. The van der Waals surface area contributed by atoms with Gasteiger partial charge in [0.15, 0.2) is 16.6 Å². The first-order valence-electron chi connectivity index (χ1n) is 19.4. The SMILES string of the molecule is [2H]/C(CC(C)C)=C(\[2H])[C@](C)(O)[C@H]1CC[C@H]2[C@@H]3C[C@H](O[Si](C)(C)C(C)(C)C)[C@H]4C[C@@H](O[Si](C)(C)C(C)(C)C)CC[C@]4(C)[C@H]3CC[C@@]21C. The predicted octanol–water partition coefficient (Wildman–Crippen LogP) is 11.4. The van der Waals surface area contributed by atoms with Gasteiger partial charge in [-0.1, -0.05) is 81.3 Å². The molecule has 4 aliphatic rings. The smallest absolute Gasteiger partial charge is 0.192 e. The van der Waals surface area contributed by atoms with Gasteiger partial charge in [-0.3, -0.25) is 0 Å². The highest BCUT2D eigenvalue weighted by Crippen LogP contribution is 2.69. The number of fused-ring (bicyclic) bond motifs is 5. The maximum Gasteiger partial charge on any atom is 0.192 e. The molecule has 0 aromatic heterocycles. The van der Waals surface area contributed by atoms with Crippen molar-refractivity contribution in [3.05, 3.63) is 12.1 Å². The van der Waals surface area contributed by atoms with Crippen molar-refractivity contribution in [1.29, 1.82) is 0 Å². The molecule has 1 N–H and O–H groups in total. The second-order valence-corrected chi connectivity index (χ2v) is 29.7. The fourth-order valence-electron chi connectivity index (χ4n) is 10.1. The van der Waals surface area contributed by atoms with E-state index in [0.29, 0.717) is 48.2 Å². The Morgan fingerprint density at radius 2 is 1.34 bits per heavy atom. The van der Waals surface area contributed by atoms with E-state index in [9.17, 15) is 5.11 Å². The van der Waals surface area contributed by atoms with Crippen molar-refractivity contribution in [1.82, 2.24) is 0 Å². The van der Waals surface area contributed by atoms with E-state index >= 15 is 0 Å². The third-order valence-electron chi connectivity index (χ3n) is 14.7. The molecule has 4 rings (SSSR count). The summed E-state index contributed by atoms with van der Waals surface area (Å²) in [6, 6.07) is 0.471. The lowest BCUT2D eigenvalue weighted by molar-refractivity contribution is -0.171. The van der Waals surface area contributed by atoms with E-state index in [4.69, 9.17) is 11.6 Å². The summed E-state index contributed by atoms with van der Waals surface area (Å²) < 4.78 is 32.4. The lowest BCUT2D eigenvalue weighted by atomic mass is 9.43. The van der Waals surface area contributed by atoms with Gasteiger partial charge in [-0.05, 0) is 147 Å². The summed E-state index contributed by atoms with van der Waals surface area (Å²) >= 11 is 0. The van der Waals surface area contributed by atoms with Gasteiger partial charge in [-0.2, -0.15) is 0 Å². The first kappa shape index (κ1) is 33.9. The second-order valence-electron chi connectivity index (χ2n) is 20.1. The maximum absolute atomic E-state index is 12.1. The van der Waals surface area contributed by atoms with Crippen molar-refractivity contribution in [2.75, 3.05) is 0 Å².